The van der Waals surface area contributed by atoms with Gasteiger partial charge in [0.05, 0.1) is 30.8 Å². The van der Waals surface area contributed by atoms with Gasteiger partial charge in [0.15, 0.2) is 17.6 Å². The molecule has 0 aromatic heterocycles. The molecule has 7 rings (SSSR count). The van der Waals surface area contributed by atoms with Gasteiger partial charge in [-0.1, -0.05) is 18.6 Å². The fourth-order valence-electron chi connectivity index (χ4n) is 7.19. The maximum absolute atomic E-state index is 13.5. The van der Waals surface area contributed by atoms with Crippen molar-refractivity contribution in [2.24, 2.45) is 0 Å². The molecule has 1 aromatic carbocycles. The van der Waals surface area contributed by atoms with Crippen molar-refractivity contribution in [1.29, 1.82) is 10.8 Å². The van der Waals surface area contributed by atoms with Crippen LogP contribution in [0.25, 0.3) is 0 Å². The fraction of sp³-hybridized carbons (Fsp3) is 0.560. The lowest BCUT2D eigenvalue weighted by molar-refractivity contribution is -0.232. The second-order valence-corrected chi connectivity index (χ2v) is 11.4. The number of fused-ring (bicyclic) bond motifs is 2. The molecule has 0 bridgehead atoms. The van der Waals surface area contributed by atoms with Crippen molar-refractivity contribution < 1.29 is 29.3 Å². The van der Waals surface area contributed by atoms with Gasteiger partial charge < -0.3 is 41.1 Å². The Bertz CT molecular complexity index is 1330. The molecular formula is C25H30N8O6. The van der Waals surface area contributed by atoms with E-state index in [1.165, 1.54) is 4.90 Å². The molecular weight excluding hydrogens is 508 g/mol. The largest absolute Gasteiger partial charge is 0.492 e. The minimum atomic E-state index is -2.66. The third-order valence-corrected chi connectivity index (χ3v) is 9.37. The zero-order valence-corrected chi connectivity index (χ0v) is 21.0. The summed E-state index contributed by atoms with van der Waals surface area (Å²) in [5.41, 5.74) is -0.588. The number of nitrogens with zero attached hydrogens (tertiary/aromatic N) is 2. The number of benzene rings is 1. The first-order valence-electron chi connectivity index (χ1n) is 13.2. The highest BCUT2D eigenvalue weighted by molar-refractivity contribution is 6.02. The van der Waals surface area contributed by atoms with Gasteiger partial charge in [-0.2, -0.15) is 0 Å². The van der Waals surface area contributed by atoms with Crippen molar-refractivity contribution in [2.75, 3.05) is 19.7 Å². The molecule has 8 N–H and O–H groups in total. The third-order valence-electron chi connectivity index (χ3n) is 9.37. The summed E-state index contributed by atoms with van der Waals surface area (Å²) in [5, 5.41) is 51.6. The van der Waals surface area contributed by atoms with Crippen molar-refractivity contribution in [3.63, 3.8) is 0 Å². The van der Waals surface area contributed by atoms with Crippen LogP contribution in [0.4, 0.5) is 0 Å². The van der Waals surface area contributed by atoms with Crippen LogP contribution < -0.4 is 26.0 Å². The first kappa shape index (κ1) is 24.2. The van der Waals surface area contributed by atoms with E-state index < -0.39 is 35.5 Å². The second kappa shape index (κ2) is 7.82. The van der Waals surface area contributed by atoms with Gasteiger partial charge in [-0.05, 0) is 18.9 Å². The summed E-state index contributed by atoms with van der Waals surface area (Å²) in [6.45, 7) is 0.240. The van der Waals surface area contributed by atoms with E-state index >= 15 is 0 Å². The van der Waals surface area contributed by atoms with Gasteiger partial charge in [-0.25, -0.2) is 0 Å². The van der Waals surface area contributed by atoms with E-state index in [1.54, 1.807) is 12.1 Å². The molecule has 1 aliphatic carbocycles. The summed E-state index contributed by atoms with van der Waals surface area (Å²) in [4.78, 5) is 40.5. The van der Waals surface area contributed by atoms with E-state index in [4.69, 9.17) is 15.6 Å². The van der Waals surface area contributed by atoms with E-state index in [2.05, 4.69) is 21.3 Å². The molecule has 5 aliphatic heterocycles. The monoisotopic (exact) mass is 538 g/mol. The smallest absolute Gasteiger partial charge is 0.255 e. The standard InChI is InChI=1S/C25H30N8O6/c26-21-30-19-14(9-32-16(34)5-6-17(32)35)28-22(27)33-10-15(25(37,38)24(19,33)31-21)29-20(36)12-3-1-4-13-18(12)39-11-23(13)7-2-8-23/h1,3-4,14-15,19,37-38H,2,5-11H2,(H2,27,28)(H,29,36)(H3,26,30,31)/t14-,15?,19-,24?/m0/s1. The minimum absolute atomic E-state index is 0.0583. The van der Waals surface area contributed by atoms with Crippen LogP contribution in [0.5, 0.6) is 5.75 Å². The summed E-state index contributed by atoms with van der Waals surface area (Å²) in [5.74, 6) is -3.79. The summed E-state index contributed by atoms with van der Waals surface area (Å²) in [7, 11) is 0. The van der Waals surface area contributed by atoms with Crippen LogP contribution in [0.1, 0.15) is 48.0 Å². The molecule has 4 atom stereocenters. The minimum Gasteiger partial charge on any atom is -0.492 e. The van der Waals surface area contributed by atoms with Gasteiger partial charge in [0.25, 0.3) is 5.91 Å². The predicted octanol–water partition coefficient (Wildman–Crippen LogP) is -2.16. The van der Waals surface area contributed by atoms with E-state index in [9.17, 15) is 24.6 Å². The van der Waals surface area contributed by atoms with Gasteiger partial charge in [0.1, 0.15) is 11.8 Å². The Hall–Kier alpha value is -3.91. The molecule has 6 aliphatic rings. The van der Waals surface area contributed by atoms with Gasteiger partial charge in [0, 0.05) is 30.4 Å². The number of nitrogens with one attached hydrogen (secondary N) is 6. The Labute approximate surface area is 223 Å². The Morgan fingerprint density at radius 3 is 2.59 bits per heavy atom. The molecule has 2 spiro atoms. The molecule has 14 nitrogen and oxygen atoms in total. The maximum Gasteiger partial charge on any atom is 0.255 e. The van der Waals surface area contributed by atoms with Crippen molar-refractivity contribution in [3.05, 3.63) is 29.3 Å². The summed E-state index contributed by atoms with van der Waals surface area (Å²) < 4.78 is 5.96. The highest BCUT2D eigenvalue weighted by atomic mass is 16.5. The number of para-hydroxylation sites is 1. The Morgan fingerprint density at radius 1 is 1.15 bits per heavy atom. The average molecular weight is 539 g/mol. The first-order chi connectivity index (χ1) is 18.6. The van der Waals surface area contributed by atoms with E-state index in [0.717, 1.165) is 29.7 Å². The van der Waals surface area contributed by atoms with Crippen LogP contribution in [-0.2, 0) is 15.0 Å². The number of likely N-dealkylation sites (tertiary alicyclic amines) is 1. The Morgan fingerprint density at radius 2 is 1.90 bits per heavy atom. The molecule has 2 unspecified atom stereocenters. The quantitative estimate of drug-likeness (QED) is 0.154. The van der Waals surface area contributed by atoms with Crippen molar-refractivity contribution in [2.45, 2.75) is 67.1 Å². The van der Waals surface area contributed by atoms with Crippen LogP contribution in [0, 0.1) is 10.8 Å². The van der Waals surface area contributed by atoms with Crippen LogP contribution in [-0.4, -0.2) is 98.9 Å². The molecule has 3 amide bonds. The number of rotatable bonds is 4. The highest BCUT2D eigenvalue weighted by Gasteiger charge is 2.74. The van der Waals surface area contributed by atoms with Crippen molar-refractivity contribution in [3.8, 4) is 5.75 Å². The van der Waals surface area contributed by atoms with Gasteiger partial charge in [-0.15, -0.1) is 0 Å². The predicted molar refractivity (Wildman–Crippen MR) is 134 cm³/mol. The lowest BCUT2D eigenvalue weighted by atomic mass is 9.66. The van der Waals surface area contributed by atoms with Gasteiger partial charge in [-0.3, -0.25) is 30.1 Å². The number of amides is 3. The molecule has 1 aromatic rings. The maximum atomic E-state index is 13.5. The number of hydrogen-bond donors (Lipinski definition) is 8. The summed E-state index contributed by atoms with van der Waals surface area (Å²) in [6.07, 6.45) is 3.29. The van der Waals surface area contributed by atoms with E-state index in [0.29, 0.717) is 17.9 Å². The Balaban J connectivity index is 1.18. The summed E-state index contributed by atoms with van der Waals surface area (Å²) in [6, 6.07) is 2.39. The topological polar surface area (TPSA) is 203 Å². The van der Waals surface area contributed by atoms with Gasteiger partial charge >= 0.3 is 0 Å². The third kappa shape index (κ3) is 3.06. The van der Waals surface area contributed by atoms with Gasteiger partial charge in [0.2, 0.25) is 17.6 Å². The van der Waals surface area contributed by atoms with Crippen LogP contribution in [0.2, 0.25) is 0 Å². The number of imide groups is 1. The lowest BCUT2D eigenvalue weighted by Gasteiger charge is -2.51. The molecule has 39 heavy (non-hydrogen) atoms. The van der Waals surface area contributed by atoms with E-state index in [-0.39, 0.29) is 55.1 Å². The number of carbonyl (C=O) groups is 3. The number of ether oxygens (including phenoxy) is 1. The normalized spacial score (nSPS) is 33.0. The first-order valence-corrected chi connectivity index (χ1v) is 13.2. The molecule has 5 fully saturated rings. The zero-order chi connectivity index (χ0) is 27.3. The molecule has 5 heterocycles. The molecule has 4 saturated heterocycles. The van der Waals surface area contributed by atoms with Crippen molar-refractivity contribution in [1.82, 2.24) is 31.1 Å². The molecule has 206 valence electrons. The zero-order valence-electron chi connectivity index (χ0n) is 21.0. The van der Waals surface area contributed by atoms with Crippen molar-refractivity contribution >= 4 is 29.6 Å². The lowest BCUT2D eigenvalue weighted by Crippen LogP contribution is -2.81. The number of carbonyl (C=O) groups excluding carboxylic acids is 3. The number of hydrogen-bond acceptors (Lipinski definition) is 8. The fourth-order valence-corrected chi connectivity index (χ4v) is 7.19. The Kier molecular flexibility index (Phi) is 4.84. The SMILES string of the molecule is N=C1N[C@H]2[C@H](CN3C(=O)CCC3=O)NC(=N)N3CC(NC(=O)c4cccc5c4OCC54CCC4)C(O)(O)C23N1. The van der Waals surface area contributed by atoms with Crippen LogP contribution >= 0.6 is 0 Å². The summed E-state index contributed by atoms with van der Waals surface area (Å²) >= 11 is 0. The second-order valence-electron chi connectivity index (χ2n) is 11.4. The van der Waals surface area contributed by atoms with Crippen LogP contribution in [0.15, 0.2) is 18.2 Å². The molecule has 1 saturated carbocycles. The molecule has 14 heteroatoms. The average Bonchev–Trinajstić information content (AvgIpc) is 3.58. The number of guanidine groups is 2. The highest BCUT2D eigenvalue weighted by Crippen LogP contribution is 2.52. The molecule has 0 radical (unpaired) electrons. The van der Waals surface area contributed by atoms with Crippen LogP contribution in [0.3, 0.4) is 0 Å². The van der Waals surface area contributed by atoms with E-state index in [1.807, 2.05) is 6.07 Å². The number of aliphatic hydroxyl groups is 2.